The molecule has 3 atom stereocenters. The van der Waals surface area contributed by atoms with Gasteiger partial charge < -0.3 is 15.5 Å². The van der Waals surface area contributed by atoms with E-state index in [1.807, 2.05) is 23.1 Å². The second-order valence-electron chi connectivity index (χ2n) is 6.53. The summed E-state index contributed by atoms with van der Waals surface area (Å²) >= 11 is 6.18. The topological polar surface area (TPSA) is 66.6 Å². The number of rotatable bonds is 3. The minimum Gasteiger partial charge on any atom is -0.339 e. The molecule has 5 nitrogen and oxygen atoms in total. The summed E-state index contributed by atoms with van der Waals surface area (Å²) < 4.78 is 0. The minimum atomic E-state index is -0.294. The number of hydrogen-bond donors (Lipinski definition) is 1. The van der Waals surface area contributed by atoms with E-state index in [0.717, 1.165) is 6.42 Å². The predicted molar refractivity (Wildman–Crippen MR) is 90.2 cm³/mol. The van der Waals surface area contributed by atoms with Crippen LogP contribution in [-0.2, 0) is 9.59 Å². The summed E-state index contributed by atoms with van der Waals surface area (Å²) in [6, 6.07) is 7.44. The van der Waals surface area contributed by atoms with Gasteiger partial charge in [-0.1, -0.05) is 23.7 Å². The van der Waals surface area contributed by atoms with E-state index in [9.17, 15) is 9.59 Å². The van der Waals surface area contributed by atoms with Gasteiger partial charge in [-0.05, 0) is 37.9 Å². The molecule has 124 valence electrons. The van der Waals surface area contributed by atoms with Gasteiger partial charge in [0.15, 0.2) is 0 Å². The van der Waals surface area contributed by atoms with E-state index in [4.69, 9.17) is 17.3 Å². The number of likely N-dealkylation sites (tertiary alicyclic amines) is 1. The number of benzene rings is 1. The smallest absolute Gasteiger partial charge is 0.228 e. The number of carbonyl (C=O) groups is 2. The van der Waals surface area contributed by atoms with E-state index in [0.29, 0.717) is 36.3 Å². The Bertz CT molecular complexity index is 622. The maximum absolute atomic E-state index is 12.8. The first-order valence-corrected chi connectivity index (χ1v) is 8.44. The third-order valence-electron chi connectivity index (χ3n) is 4.90. The number of nitrogens with two attached hydrogens (primary N) is 1. The van der Waals surface area contributed by atoms with Crippen LogP contribution in [-0.4, -0.2) is 42.4 Å². The van der Waals surface area contributed by atoms with Crippen molar-refractivity contribution in [3.8, 4) is 0 Å². The van der Waals surface area contributed by atoms with Crippen LogP contribution in [0.4, 0.5) is 5.69 Å². The van der Waals surface area contributed by atoms with Crippen LogP contribution in [0.3, 0.4) is 0 Å². The standard InChI is InChI=1S/C17H22ClN3O2/c1-11-6-12(8-19)9-20(11)17(23)13-7-16(22)21(10-13)15-5-3-2-4-14(15)18/h2-5,11-13H,6-10,19H2,1H3. The molecule has 6 heteroatoms. The Hall–Kier alpha value is -1.59. The van der Waals surface area contributed by atoms with Crippen molar-refractivity contribution in [1.82, 2.24) is 4.90 Å². The molecule has 2 saturated heterocycles. The van der Waals surface area contributed by atoms with Gasteiger partial charge in [0.2, 0.25) is 11.8 Å². The van der Waals surface area contributed by atoms with E-state index in [2.05, 4.69) is 6.92 Å². The molecular weight excluding hydrogens is 314 g/mol. The highest BCUT2D eigenvalue weighted by Gasteiger charge is 2.41. The highest BCUT2D eigenvalue weighted by molar-refractivity contribution is 6.33. The summed E-state index contributed by atoms with van der Waals surface area (Å²) in [5.74, 6) is 0.0958. The van der Waals surface area contributed by atoms with Gasteiger partial charge in [-0.3, -0.25) is 9.59 Å². The molecule has 0 aliphatic carbocycles. The van der Waals surface area contributed by atoms with Crippen LogP contribution in [0.25, 0.3) is 0 Å². The Morgan fingerprint density at radius 1 is 1.35 bits per heavy atom. The maximum atomic E-state index is 12.8. The summed E-state index contributed by atoms with van der Waals surface area (Å²) in [4.78, 5) is 28.7. The Balaban J connectivity index is 1.73. The molecule has 1 aromatic rings. The molecule has 3 unspecified atom stereocenters. The molecular formula is C17H22ClN3O2. The van der Waals surface area contributed by atoms with Crippen LogP contribution < -0.4 is 10.6 Å². The van der Waals surface area contributed by atoms with Gasteiger partial charge >= 0.3 is 0 Å². The fourth-order valence-electron chi connectivity index (χ4n) is 3.63. The lowest BCUT2D eigenvalue weighted by Gasteiger charge is -2.25. The van der Waals surface area contributed by atoms with Crippen molar-refractivity contribution in [2.24, 2.45) is 17.6 Å². The first-order valence-electron chi connectivity index (χ1n) is 8.06. The monoisotopic (exact) mass is 335 g/mol. The molecule has 2 N–H and O–H groups in total. The number of anilines is 1. The van der Waals surface area contributed by atoms with Crippen molar-refractivity contribution in [3.63, 3.8) is 0 Å². The number of hydrogen-bond acceptors (Lipinski definition) is 3. The number of nitrogens with zero attached hydrogens (tertiary/aromatic N) is 2. The summed E-state index contributed by atoms with van der Waals surface area (Å²) in [6.45, 7) is 3.75. The van der Waals surface area contributed by atoms with E-state index in [-0.39, 0.29) is 30.2 Å². The molecule has 23 heavy (non-hydrogen) atoms. The summed E-state index contributed by atoms with van der Waals surface area (Å²) in [7, 11) is 0. The first kappa shape index (κ1) is 16.3. The van der Waals surface area contributed by atoms with Crippen molar-refractivity contribution in [2.45, 2.75) is 25.8 Å². The Labute approximate surface area is 141 Å². The first-order chi connectivity index (χ1) is 11.0. The third-order valence-corrected chi connectivity index (χ3v) is 5.21. The fourth-order valence-corrected chi connectivity index (χ4v) is 3.87. The Morgan fingerprint density at radius 3 is 2.74 bits per heavy atom. The number of para-hydroxylation sites is 1. The van der Waals surface area contributed by atoms with Gasteiger partial charge in [-0.2, -0.15) is 0 Å². The van der Waals surface area contributed by atoms with Crippen molar-refractivity contribution in [2.75, 3.05) is 24.5 Å². The largest absolute Gasteiger partial charge is 0.339 e. The summed E-state index contributed by atoms with van der Waals surface area (Å²) in [6.07, 6.45) is 1.19. The van der Waals surface area contributed by atoms with Gasteiger partial charge in [0.05, 0.1) is 16.6 Å². The lowest BCUT2D eigenvalue weighted by atomic mass is 10.1. The zero-order chi connectivity index (χ0) is 16.6. The average Bonchev–Trinajstić information content (AvgIpc) is 3.10. The van der Waals surface area contributed by atoms with Crippen molar-refractivity contribution in [1.29, 1.82) is 0 Å². The number of halogens is 1. The molecule has 0 bridgehead atoms. The molecule has 2 aliphatic rings. The zero-order valence-corrected chi connectivity index (χ0v) is 14.0. The van der Waals surface area contributed by atoms with E-state index < -0.39 is 0 Å². The molecule has 2 aliphatic heterocycles. The number of carbonyl (C=O) groups excluding carboxylic acids is 2. The highest BCUT2D eigenvalue weighted by Crippen LogP contribution is 2.33. The van der Waals surface area contributed by atoms with Gasteiger partial charge in [0.25, 0.3) is 0 Å². The molecule has 0 radical (unpaired) electrons. The Morgan fingerprint density at radius 2 is 2.09 bits per heavy atom. The molecule has 1 aromatic carbocycles. The van der Waals surface area contributed by atoms with Crippen LogP contribution >= 0.6 is 11.6 Å². The second kappa shape index (κ2) is 6.49. The van der Waals surface area contributed by atoms with Crippen LogP contribution in [0.15, 0.2) is 24.3 Å². The summed E-state index contributed by atoms with van der Waals surface area (Å²) in [5.41, 5.74) is 6.42. The third kappa shape index (κ3) is 3.08. The van der Waals surface area contributed by atoms with Gasteiger partial charge in [0.1, 0.15) is 0 Å². The van der Waals surface area contributed by atoms with E-state index in [1.165, 1.54) is 0 Å². The van der Waals surface area contributed by atoms with Crippen LogP contribution in [0.2, 0.25) is 5.02 Å². The quantitative estimate of drug-likeness (QED) is 0.917. The van der Waals surface area contributed by atoms with Crippen LogP contribution in [0.1, 0.15) is 19.8 Å². The van der Waals surface area contributed by atoms with Crippen molar-refractivity contribution in [3.05, 3.63) is 29.3 Å². The van der Waals surface area contributed by atoms with Crippen LogP contribution in [0.5, 0.6) is 0 Å². The maximum Gasteiger partial charge on any atom is 0.228 e. The zero-order valence-electron chi connectivity index (χ0n) is 13.2. The minimum absolute atomic E-state index is 0.0429. The Kier molecular flexibility index (Phi) is 4.60. The molecule has 2 amide bonds. The molecule has 3 rings (SSSR count). The van der Waals surface area contributed by atoms with Crippen LogP contribution in [0, 0.1) is 11.8 Å². The molecule has 0 saturated carbocycles. The van der Waals surface area contributed by atoms with E-state index >= 15 is 0 Å². The SMILES string of the molecule is CC1CC(CN)CN1C(=O)C1CC(=O)N(c2ccccc2Cl)C1. The van der Waals surface area contributed by atoms with Gasteiger partial charge in [-0.15, -0.1) is 0 Å². The van der Waals surface area contributed by atoms with E-state index in [1.54, 1.807) is 11.0 Å². The lowest BCUT2D eigenvalue weighted by Crippen LogP contribution is -2.40. The normalized spacial score (nSPS) is 27.8. The second-order valence-corrected chi connectivity index (χ2v) is 6.94. The number of amides is 2. The highest BCUT2D eigenvalue weighted by atomic mass is 35.5. The van der Waals surface area contributed by atoms with Crippen molar-refractivity contribution < 1.29 is 9.59 Å². The van der Waals surface area contributed by atoms with Crippen molar-refractivity contribution >= 4 is 29.1 Å². The molecule has 0 spiro atoms. The average molecular weight is 336 g/mol. The fraction of sp³-hybridized carbons (Fsp3) is 0.529. The van der Waals surface area contributed by atoms with Gasteiger partial charge in [0, 0.05) is 25.6 Å². The molecule has 2 heterocycles. The lowest BCUT2D eigenvalue weighted by molar-refractivity contribution is -0.136. The summed E-state index contributed by atoms with van der Waals surface area (Å²) in [5, 5.41) is 0.534. The predicted octanol–water partition coefficient (Wildman–Crippen LogP) is 1.89. The van der Waals surface area contributed by atoms with Gasteiger partial charge in [-0.25, -0.2) is 0 Å². The molecule has 2 fully saturated rings. The molecule has 0 aromatic heterocycles.